The average Bonchev–Trinajstić information content (AvgIpc) is 2.68. The predicted octanol–water partition coefficient (Wildman–Crippen LogP) is 1.94. The first-order chi connectivity index (χ1) is 6.78. The van der Waals surface area contributed by atoms with E-state index in [1.54, 1.807) is 6.07 Å². The molecule has 0 bridgehead atoms. The highest BCUT2D eigenvalue weighted by Gasteiger charge is 2.33. The largest absolute Gasteiger partial charge is 0.508 e. The molecule has 0 saturated carbocycles. The minimum atomic E-state index is -0.0641. The van der Waals surface area contributed by atoms with Gasteiger partial charge in [0.25, 0.3) is 0 Å². The van der Waals surface area contributed by atoms with E-state index in [4.69, 9.17) is 5.73 Å². The third-order valence-electron chi connectivity index (χ3n) is 3.05. The second kappa shape index (κ2) is 3.46. The van der Waals surface area contributed by atoms with Gasteiger partial charge in [-0.15, -0.1) is 0 Å². The molecule has 1 aliphatic carbocycles. The Kier molecular flexibility index (Phi) is 2.30. The first-order valence-corrected chi connectivity index (χ1v) is 4.92. The minimum Gasteiger partial charge on any atom is -0.508 e. The van der Waals surface area contributed by atoms with Gasteiger partial charge in [0.05, 0.1) is 0 Å². The van der Waals surface area contributed by atoms with Crippen LogP contribution in [0.4, 0.5) is 0 Å². The number of aromatic hydroxyl groups is 1. The van der Waals surface area contributed by atoms with E-state index >= 15 is 0 Å². The van der Waals surface area contributed by atoms with Gasteiger partial charge in [-0.2, -0.15) is 0 Å². The zero-order chi connectivity index (χ0) is 10.0. The number of phenols is 1. The molecule has 0 heterocycles. The van der Waals surface area contributed by atoms with Crippen molar-refractivity contribution < 1.29 is 5.11 Å². The van der Waals surface area contributed by atoms with Gasteiger partial charge in [0.2, 0.25) is 0 Å². The Morgan fingerprint density at radius 3 is 2.43 bits per heavy atom. The predicted molar refractivity (Wildman–Crippen MR) is 57.2 cm³/mol. The molecule has 0 aliphatic heterocycles. The normalized spacial score (nSPS) is 18.6. The van der Waals surface area contributed by atoms with Crippen molar-refractivity contribution in [3.63, 3.8) is 0 Å². The minimum absolute atomic E-state index is 0.0641. The fourth-order valence-electron chi connectivity index (χ4n) is 2.12. The van der Waals surface area contributed by atoms with Crippen molar-refractivity contribution in [2.75, 3.05) is 6.54 Å². The molecule has 74 valence electrons. The summed E-state index contributed by atoms with van der Waals surface area (Å²) in [5.41, 5.74) is 6.73. The molecule has 14 heavy (non-hydrogen) atoms. The number of benzene rings is 1. The second-order valence-corrected chi connectivity index (χ2v) is 3.88. The summed E-state index contributed by atoms with van der Waals surface area (Å²) >= 11 is 0. The quantitative estimate of drug-likeness (QED) is 0.698. The number of nitrogens with two attached hydrogens (primary N) is 1. The molecule has 2 heteroatoms. The number of rotatable bonds is 2. The molecule has 0 saturated heterocycles. The van der Waals surface area contributed by atoms with Gasteiger partial charge in [0.1, 0.15) is 5.75 Å². The van der Waals surface area contributed by atoms with Crippen molar-refractivity contribution in [3.8, 4) is 5.75 Å². The highest BCUT2D eigenvalue weighted by molar-refractivity contribution is 5.41. The van der Waals surface area contributed by atoms with Crippen LogP contribution in [0.5, 0.6) is 5.75 Å². The molecular formula is C12H15NO. The van der Waals surface area contributed by atoms with Gasteiger partial charge < -0.3 is 10.8 Å². The van der Waals surface area contributed by atoms with E-state index < -0.39 is 0 Å². The van der Waals surface area contributed by atoms with E-state index in [0.29, 0.717) is 12.3 Å². The maximum Gasteiger partial charge on any atom is 0.119 e. The zero-order valence-electron chi connectivity index (χ0n) is 8.11. The van der Waals surface area contributed by atoms with Crippen LogP contribution in [-0.2, 0) is 5.41 Å². The lowest BCUT2D eigenvalue weighted by molar-refractivity contribution is 0.414. The molecule has 0 fully saturated rings. The van der Waals surface area contributed by atoms with Crippen LogP contribution in [-0.4, -0.2) is 11.7 Å². The van der Waals surface area contributed by atoms with Gasteiger partial charge in [-0.1, -0.05) is 30.4 Å². The van der Waals surface area contributed by atoms with Gasteiger partial charge in [0, 0.05) is 17.5 Å². The van der Waals surface area contributed by atoms with Crippen LogP contribution >= 0.6 is 0 Å². The Labute approximate surface area is 84.1 Å². The number of hydrogen-bond donors (Lipinski definition) is 2. The average molecular weight is 189 g/mol. The van der Waals surface area contributed by atoms with Crippen molar-refractivity contribution in [1.29, 1.82) is 0 Å². The summed E-state index contributed by atoms with van der Waals surface area (Å²) in [6.45, 7) is 0.581. The van der Waals surface area contributed by atoms with Crippen molar-refractivity contribution in [2.24, 2.45) is 5.73 Å². The molecular weight excluding hydrogens is 174 g/mol. The van der Waals surface area contributed by atoms with Crippen molar-refractivity contribution in [3.05, 3.63) is 42.0 Å². The molecule has 2 rings (SSSR count). The van der Waals surface area contributed by atoms with Crippen LogP contribution in [0, 0.1) is 0 Å². The van der Waals surface area contributed by atoms with Gasteiger partial charge in [0.15, 0.2) is 0 Å². The highest BCUT2D eigenvalue weighted by Crippen LogP contribution is 2.40. The van der Waals surface area contributed by atoms with Crippen molar-refractivity contribution >= 4 is 0 Å². The monoisotopic (exact) mass is 189 g/mol. The number of para-hydroxylation sites is 1. The van der Waals surface area contributed by atoms with Gasteiger partial charge in [-0.25, -0.2) is 0 Å². The standard InChI is InChI=1S/C12H15NO/c13-9-12(7-3-4-8-12)10-5-1-2-6-11(10)14/h1-6,14H,7-9,13H2. The summed E-state index contributed by atoms with van der Waals surface area (Å²) in [5.74, 6) is 0.363. The molecule has 0 spiro atoms. The topological polar surface area (TPSA) is 46.2 Å². The van der Waals surface area contributed by atoms with Crippen LogP contribution in [0.25, 0.3) is 0 Å². The molecule has 0 unspecified atom stereocenters. The molecule has 1 aliphatic rings. The van der Waals surface area contributed by atoms with Gasteiger partial charge in [-0.05, 0) is 18.9 Å². The SMILES string of the molecule is NCC1(c2ccccc2O)CC=CC1. The smallest absolute Gasteiger partial charge is 0.119 e. The Morgan fingerprint density at radius 2 is 1.86 bits per heavy atom. The van der Waals surface area contributed by atoms with Crippen LogP contribution in [0.1, 0.15) is 18.4 Å². The summed E-state index contributed by atoms with van der Waals surface area (Å²) in [7, 11) is 0. The first kappa shape index (κ1) is 9.28. The molecule has 2 nitrogen and oxygen atoms in total. The Hall–Kier alpha value is -1.28. The summed E-state index contributed by atoms with van der Waals surface area (Å²) in [6, 6.07) is 7.48. The van der Waals surface area contributed by atoms with E-state index in [2.05, 4.69) is 12.2 Å². The summed E-state index contributed by atoms with van der Waals surface area (Å²) in [4.78, 5) is 0. The van der Waals surface area contributed by atoms with E-state index in [-0.39, 0.29) is 5.41 Å². The molecule has 0 radical (unpaired) electrons. The van der Waals surface area contributed by atoms with Crippen molar-refractivity contribution in [2.45, 2.75) is 18.3 Å². The molecule has 0 atom stereocenters. The van der Waals surface area contributed by atoms with Gasteiger partial charge >= 0.3 is 0 Å². The van der Waals surface area contributed by atoms with Crippen LogP contribution < -0.4 is 5.73 Å². The lowest BCUT2D eigenvalue weighted by Crippen LogP contribution is -2.32. The van der Waals surface area contributed by atoms with Crippen LogP contribution in [0.15, 0.2) is 36.4 Å². The molecule has 3 N–H and O–H groups in total. The fourth-order valence-corrected chi connectivity index (χ4v) is 2.12. The summed E-state index contributed by atoms with van der Waals surface area (Å²) < 4.78 is 0. The van der Waals surface area contributed by atoms with Gasteiger partial charge in [-0.3, -0.25) is 0 Å². The lowest BCUT2D eigenvalue weighted by atomic mass is 9.78. The van der Waals surface area contributed by atoms with E-state index in [1.807, 2.05) is 18.2 Å². The molecule has 1 aromatic rings. The molecule has 0 amide bonds. The van der Waals surface area contributed by atoms with E-state index in [0.717, 1.165) is 18.4 Å². The third-order valence-corrected chi connectivity index (χ3v) is 3.05. The second-order valence-electron chi connectivity index (χ2n) is 3.88. The Balaban J connectivity index is 2.42. The van der Waals surface area contributed by atoms with Crippen LogP contribution in [0.3, 0.4) is 0 Å². The lowest BCUT2D eigenvalue weighted by Gasteiger charge is -2.28. The van der Waals surface area contributed by atoms with E-state index in [9.17, 15) is 5.11 Å². The molecule has 1 aromatic carbocycles. The summed E-state index contributed by atoms with van der Waals surface area (Å²) in [5, 5.41) is 9.78. The van der Waals surface area contributed by atoms with E-state index in [1.165, 1.54) is 0 Å². The number of allylic oxidation sites excluding steroid dienone is 2. The maximum absolute atomic E-state index is 9.78. The fraction of sp³-hybridized carbons (Fsp3) is 0.333. The molecule has 0 aromatic heterocycles. The maximum atomic E-state index is 9.78. The first-order valence-electron chi connectivity index (χ1n) is 4.92. The number of phenolic OH excluding ortho intramolecular Hbond substituents is 1. The Bertz CT molecular complexity index is 349. The third kappa shape index (κ3) is 1.32. The highest BCUT2D eigenvalue weighted by atomic mass is 16.3. The van der Waals surface area contributed by atoms with Crippen LogP contribution in [0.2, 0.25) is 0 Å². The van der Waals surface area contributed by atoms with Crippen molar-refractivity contribution in [1.82, 2.24) is 0 Å². The Morgan fingerprint density at radius 1 is 1.21 bits per heavy atom. The number of hydrogen-bond acceptors (Lipinski definition) is 2. The summed E-state index contributed by atoms with van der Waals surface area (Å²) in [6.07, 6.45) is 6.14. The zero-order valence-corrected chi connectivity index (χ0v) is 8.11.